The molecular weight excluding hydrogens is 527 g/mol. The van der Waals surface area contributed by atoms with E-state index in [1.165, 1.54) is 28.8 Å². The van der Waals surface area contributed by atoms with E-state index in [9.17, 15) is 19.8 Å². The zero-order chi connectivity index (χ0) is 26.1. The second kappa shape index (κ2) is 10.4. The van der Waals surface area contributed by atoms with E-state index in [0.717, 1.165) is 11.3 Å². The van der Waals surface area contributed by atoms with Gasteiger partial charge in [-0.2, -0.15) is 0 Å². The summed E-state index contributed by atoms with van der Waals surface area (Å²) in [5, 5.41) is 20.8. The second-order valence-corrected chi connectivity index (χ2v) is 9.62. The van der Waals surface area contributed by atoms with E-state index in [0.29, 0.717) is 27.7 Å². The van der Waals surface area contributed by atoms with Crippen LogP contribution in [0.2, 0.25) is 10.0 Å². The first-order valence-corrected chi connectivity index (χ1v) is 12.6. The molecule has 0 fully saturated rings. The SMILES string of the molecule is CCOC(=O)C1=C(C)n2c(s/c(=C\c3cc(Cl)cc(Cl)c3O)c2=O)=N[C@@H]1c1ccc(O)c(OCC)c1. The van der Waals surface area contributed by atoms with Crippen molar-refractivity contribution < 1.29 is 24.5 Å². The third-order valence-electron chi connectivity index (χ3n) is 5.48. The normalized spacial score (nSPS) is 15.5. The van der Waals surface area contributed by atoms with E-state index < -0.39 is 17.6 Å². The summed E-state index contributed by atoms with van der Waals surface area (Å²) >= 11 is 13.2. The first kappa shape index (κ1) is 25.8. The van der Waals surface area contributed by atoms with E-state index >= 15 is 0 Å². The lowest BCUT2D eigenvalue weighted by Crippen LogP contribution is -2.35. The van der Waals surface area contributed by atoms with Gasteiger partial charge in [0.1, 0.15) is 11.8 Å². The Morgan fingerprint density at radius 1 is 1.19 bits per heavy atom. The van der Waals surface area contributed by atoms with E-state index in [1.54, 1.807) is 32.9 Å². The van der Waals surface area contributed by atoms with Gasteiger partial charge in [0.25, 0.3) is 5.56 Å². The fourth-order valence-electron chi connectivity index (χ4n) is 3.87. The topological polar surface area (TPSA) is 110 Å². The molecule has 188 valence electrons. The van der Waals surface area contributed by atoms with Gasteiger partial charge in [-0.25, -0.2) is 9.79 Å². The number of thiazole rings is 1. The van der Waals surface area contributed by atoms with Gasteiger partial charge in [-0.05, 0) is 56.7 Å². The first-order valence-electron chi connectivity index (χ1n) is 11.0. The molecule has 0 saturated heterocycles. The number of phenols is 2. The van der Waals surface area contributed by atoms with Crippen LogP contribution in [0, 0.1) is 0 Å². The van der Waals surface area contributed by atoms with Crippen LogP contribution < -0.4 is 19.6 Å². The van der Waals surface area contributed by atoms with Crippen molar-refractivity contribution in [2.45, 2.75) is 26.8 Å². The molecule has 2 aromatic carbocycles. The number of nitrogens with zero attached hydrogens (tertiary/aromatic N) is 2. The summed E-state index contributed by atoms with van der Waals surface area (Å²) in [4.78, 5) is 31.4. The number of benzene rings is 2. The maximum Gasteiger partial charge on any atom is 0.338 e. The molecule has 0 unspecified atom stereocenters. The molecule has 2 heterocycles. The van der Waals surface area contributed by atoms with Crippen molar-refractivity contribution in [2.75, 3.05) is 13.2 Å². The first-order chi connectivity index (χ1) is 17.2. The third kappa shape index (κ3) is 4.74. The maximum atomic E-state index is 13.4. The number of aromatic hydroxyl groups is 2. The molecule has 0 saturated carbocycles. The number of fused-ring (bicyclic) bond motifs is 1. The van der Waals surface area contributed by atoms with Crippen LogP contribution in [-0.4, -0.2) is 34.0 Å². The summed E-state index contributed by atoms with van der Waals surface area (Å²) in [5.74, 6) is -0.607. The lowest BCUT2D eigenvalue weighted by atomic mass is 9.96. The highest BCUT2D eigenvalue weighted by Gasteiger charge is 2.32. The van der Waals surface area contributed by atoms with Gasteiger partial charge in [0.05, 0.1) is 28.3 Å². The summed E-state index contributed by atoms with van der Waals surface area (Å²) in [5.41, 5.74) is 0.983. The highest BCUT2D eigenvalue weighted by atomic mass is 35.5. The highest BCUT2D eigenvalue weighted by molar-refractivity contribution is 7.07. The molecular formula is C25H22Cl2N2O6S. The molecule has 1 aliphatic heterocycles. The van der Waals surface area contributed by atoms with Gasteiger partial charge >= 0.3 is 5.97 Å². The van der Waals surface area contributed by atoms with Crippen LogP contribution in [0.3, 0.4) is 0 Å². The van der Waals surface area contributed by atoms with Crippen molar-refractivity contribution >= 4 is 52.3 Å². The molecule has 8 nitrogen and oxygen atoms in total. The van der Waals surface area contributed by atoms with Gasteiger partial charge < -0.3 is 19.7 Å². The number of hydrogen-bond donors (Lipinski definition) is 2. The average molecular weight is 549 g/mol. The molecule has 0 bridgehead atoms. The van der Waals surface area contributed by atoms with Crippen LogP contribution >= 0.6 is 34.5 Å². The minimum absolute atomic E-state index is 0.0419. The molecule has 2 N–H and O–H groups in total. The highest BCUT2D eigenvalue weighted by Crippen LogP contribution is 2.37. The van der Waals surface area contributed by atoms with Crippen LogP contribution in [0.15, 0.2) is 45.7 Å². The second-order valence-electron chi connectivity index (χ2n) is 7.77. The Bertz CT molecular complexity index is 1570. The zero-order valence-electron chi connectivity index (χ0n) is 19.5. The van der Waals surface area contributed by atoms with Gasteiger partial charge in [0.15, 0.2) is 16.3 Å². The Morgan fingerprint density at radius 3 is 2.64 bits per heavy atom. The van der Waals surface area contributed by atoms with E-state index in [1.807, 2.05) is 0 Å². The predicted octanol–water partition coefficient (Wildman–Crippen LogP) is 4.02. The molecule has 0 radical (unpaired) electrons. The lowest BCUT2D eigenvalue weighted by Gasteiger charge is -2.22. The van der Waals surface area contributed by atoms with Gasteiger partial charge in [-0.1, -0.05) is 40.6 Å². The summed E-state index contributed by atoms with van der Waals surface area (Å²) < 4.78 is 12.4. The van der Waals surface area contributed by atoms with Crippen molar-refractivity contribution in [3.63, 3.8) is 0 Å². The van der Waals surface area contributed by atoms with Crippen LogP contribution in [-0.2, 0) is 9.53 Å². The zero-order valence-corrected chi connectivity index (χ0v) is 21.9. The number of rotatable bonds is 6. The van der Waals surface area contributed by atoms with E-state index in [2.05, 4.69) is 0 Å². The smallest absolute Gasteiger partial charge is 0.338 e. The molecule has 0 spiro atoms. The van der Waals surface area contributed by atoms with Gasteiger partial charge in [0.2, 0.25) is 0 Å². The van der Waals surface area contributed by atoms with E-state index in [-0.39, 0.29) is 44.5 Å². The van der Waals surface area contributed by atoms with Crippen molar-refractivity contribution in [3.05, 3.63) is 76.8 Å². The lowest BCUT2D eigenvalue weighted by molar-refractivity contribution is -0.138. The number of ether oxygens (including phenoxy) is 2. The summed E-state index contributed by atoms with van der Waals surface area (Å²) in [6.07, 6.45) is 1.47. The largest absolute Gasteiger partial charge is 0.506 e. The minimum atomic E-state index is -0.802. The van der Waals surface area contributed by atoms with Crippen LogP contribution in [0.5, 0.6) is 17.2 Å². The number of aromatic nitrogens is 1. The van der Waals surface area contributed by atoms with Crippen LogP contribution in [0.25, 0.3) is 11.8 Å². The Morgan fingerprint density at radius 2 is 1.94 bits per heavy atom. The Balaban J connectivity index is 1.97. The summed E-state index contributed by atoms with van der Waals surface area (Å²) in [6, 6.07) is 6.80. The third-order valence-corrected chi connectivity index (χ3v) is 6.97. The van der Waals surface area contributed by atoms with Crippen LogP contribution in [0.4, 0.5) is 0 Å². The number of halogens is 2. The molecule has 1 aromatic heterocycles. The van der Waals surface area contributed by atoms with Gasteiger partial charge in [-0.3, -0.25) is 9.36 Å². The van der Waals surface area contributed by atoms with Gasteiger partial charge in [-0.15, -0.1) is 0 Å². The molecule has 1 atom stereocenters. The Kier molecular flexibility index (Phi) is 7.44. The fraction of sp³-hybridized carbons (Fsp3) is 0.240. The molecule has 0 amide bonds. The molecule has 1 aliphatic rings. The number of esters is 1. The predicted molar refractivity (Wildman–Crippen MR) is 139 cm³/mol. The number of phenolic OH excluding ortho intramolecular Hbond substituents is 2. The Hall–Kier alpha value is -3.27. The number of carbonyl (C=O) groups excluding carboxylic acids is 1. The van der Waals surface area contributed by atoms with Crippen molar-refractivity contribution in [3.8, 4) is 17.2 Å². The van der Waals surface area contributed by atoms with Crippen LogP contribution in [0.1, 0.15) is 37.9 Å². The van der Waals surface area contributed by atoms with Gasteiger partial charge in [0, 0.05) is 16.3 Å². The van der Waals surface area contributed by atoms with Crippen molar-refractivity contribution in [1.29, 1.82) is 0 Å². The molecule has 4 rings (SSSR count). The molecule has 36 heavy (non-hydrogen) atoms. The van der Waals surface area contributed by atoms with Crippen molar-refractivity contribution in [2.24, 2.45) is 4.99 Å². The standard InChI is InChI=1S/C25H22Cl2N2O6S/c1-4-34-18-9-13(6-7-17(18)30)21-20(24(33)35-5-2)12(3)29-23(32)19(36-25(29)28-21)10-14-8-15(26)11-16(27)22(14)31/h6-11,21,30-31H,4-5H2,1-3H3/b19-10-/t21-/m1/s1. The minimum Gasteiger partial charge on any atom is -0.506 e. The maximum absolute atomic E-state index is 13.4. The monoisotopic (exact) mass is 548 g/mol. The Labute approximate surface area is 220 Å². The quantitative estimate of drug-likeness (QED) is 0.450. The summed E-state index contributed by atoms with van der Waals surface area (Å²) in [6.45, 7) is 5.60. The van der Waals surface area contributed by atoms with E-state index in [4.69, 9.17) is 37.7 Å². The summed E-state index contributed by atoms with van der Waals surface area (Å²) in [7, 11) is 0. The number of allylic oxidation sites excluding steroid dienone is 1. The molecule has 0 aliphatic carbocycles. The molecule has 3 aromatic rings. The number of hydrogen-bond acceptors (Lipinski definition) is 8. The average Bonchev–Trinajstić information content (AvgIpc) is 3.14. The number of carbonyl (C=O) groups is 1. The fourth-order valence-corrected chi connectivity index (χ4v) is 5.41. The van der Waals surface area contributed by atoms with Crippen molar-refractivity contribution in [1.82, 2.24) is 4.57 Å². The molecule has 11 heteroatoms.